The first-order valence-electron chi connectivity index (χ1n) is 16.4. The zero-order valence-electron chi connectivity index (χ0n) is 28.9. The molecule has 0 aliphatic carbocycles. The molecule has 7 rings (SSSR count). The molecule has 17 heteroatoms. The van der Waals surface area contributed by atoms with Gasteiger partial charge in [-0.3, -0.25) is 0 Å². The van der Waals surface area contributed by atoms with E-state index >= 15 is 0 Å². The molecule has 0 aliphatic heterocycles. The number of nitriles is 1. The Hall–Kier alpha value is -6.44. The van der Waals surface area contributed by atoms with Gasteiger partial charge in [0.25, 0.3) is 0 Å². The second-order valence-corrected chi connectivity index (χ2v) is 13.0. The van der Waals surface area contributed by atoms with E-state index < -0.39 is 58.1 Å². The first-order chi connectivity index (χ1) is 26.5. The topological polar surface area (TPSA) is 67.4 Å². The second kappa shape index (κ2) is 13.4. The first kappa shape index (κ1) is 38.8. The molecule has 0 spiro atoms. The Morgan fingerprint density at radius 3 is 1.21 bits per heavy atom. The summed E-state index contributed by atoms with van der Waals surface area (Å²) in [5.74, 6) is 0.849. The number of benzene rings is 5. The Labute approximate surface area is 313 Å². The summed E-state index contributed by atoms with van der Waals surface area (Å²) in [5, 5.41) is 10.9. The minimum Gasteiger partial charge on any atom is -0.308 e. The molecule has 0 aliphatic rings. The van der Waals surface area contributed by atoms with E-state index in [2.05, 4.69) is 15.0 Å². The van der Waals surface area contributed by atoms with Crippen LogP contribution in [-0.2, 0) is 24.7 Å². The molecule has 2 heterocycles. The molecule has 2 aromatic heterocycles. The van der Waals surface area contributed by atoms with Crippen molar-refractivity contribution in [3.8, 4) is 45.4 Å². The zero-order chi connectivity index (χ0) is 41.4. The van der Waals surface area contributed by atoms with Crippen LogP contribution in [0.5, 0.6) is 0 Å². The summed E-state index contributed by atoms with van der Waals surface area (Å²) in [4.78, 5) is 12.8. The van der Waals surface area contributed by atoms with Crippen molar-refractivity contribution < 1.29 is 52.7 Å². The number of nitrogens with zero attached hydrogens (tertiary/aromatic N) is 5. The van der Waals surface area contributed by atoms with Gasteiger partial charge in [0.1, 0.15) is 17.7 Å². The van der Waals surface area contributed by atoms with E-state index in [9.17, 15) is 57.9 Å². The van der Waals surface area contributed by atoms with E-state index in [1.54, 1.807) is 13.8 Å². The summed E-state index contributed by atoms with van der Waals surface area (Å²) in [7, 11) is 0. The van der Waals surface area contributed by atoms with E-state index in [4.69, 9.17) is 0 Å². The summed E-state index contributed by atoms with van der Waals surface area (Å²) in [6.07, 6.45) is -20.6. The van der Waals surface area contributed by atoms with Gasteiger partial charge < -0.3 is 4.57 Å². The van der Waals surface area contributed by atoms with Crippen molar-refractivity contribution in [2.75, 3.05) is 0 Å². The maximum Gasteiger partial charge on any atom is 0.416 e. The minimum atomic E-state index is -5.16. The molecule has 0 saturated carbocycles. The van der Waals surface area contributed by atoms with Crippen LogP contribution in [0.15, 0.2) is 91.0 Å². The van der Waals surface area contributed by atoms with Gasteiger partial charge in [-0.15, -0.1) is 0 Å². The Bertz CT molecular complexity index is 2570. The van der Waals surface area contributed by atoms with Gasteiger partial charge in [-0.25, -0.2) is 15.0 Å². The highest BCUT2D eigenvalue weighted by molar-refractivity contribution is 6.11. The van der Waals surface area contributed by atoms with Crippen molar-refractivity contribution in [1.29, 1.82) is 5.26 Å². The molecule has 0 saturated heterocycles. The van der Waals surface area contributed by atoms with Crippen molar-refractivity contribution in [3.05, 3.63) is 130 Å². The molecule has 0 N–H and O–H groups in total. The van der Waals surface area contributed by atoms with Crippen molar-refractivity contribution in [3.63, 3.8) is 0 Å². The van der Waals surface area contributed by atoms with Crippen molar-refractivity contribution in [2.24, 2.45) is 0 Å². The maximum atomic E-state index is 13.9. The van der Waals surface area contributed by atoms with Gasteiger partial charge in [-0.05, 0) is 103 Å². The van der Waals surface area contributed by atoms with Crippen molar-refractivity contribution in [1.82, 2.24) is 19.5 Å². The van der Waals surface area contributed by atoms with Gasteiger partial charge >= 0.3 is 24.7 Å². The van der Waals surface area contributed by atoms with Crippen LogP contribution in [0.25, 0.3) is 61.1 Å². The lowest BCUT2D eigenvalue weighted by Crippen LogP contribution is -2.11. The predicted octanol–water partition coefficient (Wildman–Crippen LogP) is 12.5. The fourth-order valence-electron chi connectivity index (χ4n) is 6.58. The highest BCUT2D eigenvalue weighted by Gasteiger charge is 2.38. The third-order valence-electron chi connectivity index (χ3n) is 9.09. The summed E-state index contributed by atoms with van der Waals surface area (Å²) in [6, 6.07) is 16.5. The predicted molar refractivity (Wildman–Crippen MR) is 185 cm³/mol. The van der Waals surface area contributed by atoms with E-state index in [0.717, 1.165) is 0 Å². The summed E-state index contributed by atoms with van der Waals surface area (Å²) in [5.41, 5.74) is -6.84. The zero-order valence-corrected chi connectivity index (χ0v) is 28.9. The van der Waals surface area contributed by atoms with Gasteiger partial charge in [-0.1, -0.05) is 24.3 Å². The first-order valence-corrected chi connectivity index (χ1v) is 16.4. The van der Waals surface area contributed by atoms with Gasteiger partial charge in [0.15, 0.2) is 5.82 Å². The average Bonchev–Trinajstić information content (AvgIpc) is 3.45. The number of hydrogen-bond donors (Lipinski definition) is 0. The molecule has 5 nitrogen and oxygen atoms in total. The minimum absolute atomic E-state index is 0.0200. The Morgan fingerprint density at radius 1 is 0.456 bits per heavy atom. The molecule has 57 heavy (non-hydrogen) atoms. The lowest BCUT2D eigenvalue weighted by atomic mass is 9.97. The van der Waals surface area contributed by atoms with Crippen molar-refractivity contribution >= 4 is 21.8 Å². The molecule has 5 aromatic carbocycles. The van der Waals surface area contributed by atoms with Gasteiger partial charge in [-0.2, -0.15) is 57.9 Å². The number of rotatable bonds is 4. The largest absolute Gasteiger partial charge is 0.416 e. The Balaban J connectivity index is 1.57. The molecule has 0 amide bonds. The van der Waals surface area contributed by atoms with E-state index in [1.807, 2.05) is 6.07 Å². The summed E-state index contributed by atoms with van der Waals surface area (Å²) in [6.45, 7) is 3.21. The van der Waals surface area contributed by atoms with E-state index in [0.29, 0.717) is 52.3 Å². The summed E-state index contributed by atoms with van der Waals surface area (Å²) >= 11 is 0. The number of hydrogen-bond acceptors (Lipinski definition) is 4. The summed E-state index contributed by atoms with van der Waals surface area (Å²) < 4.78 is 168. The molecule has 0 bridgehead atoms. The number of alkyl halides is 12. The van der Waals surface area contributed by atoms with Crippen LogP contribution in [0.4, 0.5) is 52.7 Å². The number of halogens is 12. The molecule has 0 radical (unpaired) electrons. The maximum absolute atomic E-state index is 13.9. The fraction of sp³-hybridized carbons (Fsp3) is 0.150. The lowest BCUT2D eigenvalue weighted by Gasteiger charge is -2.16. The van der Waals surface area contributed by atoms with E-state index in [1.165, 1.54) is 59.2 Å². The smallest absolute Gasteiger partial charge is 0.308 e. The number of fused-ring (bicyclic) bond motifs is 3. The molecular formula is C40H21F12N5. The number of aromatic nitrogens is 4. The Morgan fingerprint density at radius 2 is 0.842 bits per heavy atom. The van der Waals surface area contributed by atoms with Gasteiger partial charge in [0, 0.05) is 16.3 Å². The lowest BCUT2D eigenvalue weighted by molar-refractivity contribution is -0.144. The molecule has 0 unspecified atom stereocenters. The van der Waals surface area contributed by atoms with Gasteiger partial charge in [0.2, 0.25) is 0 Å². The molecule has 0 fully saturated rings. The molecule has 0 atom stereocenters. The van der Waals surface area contributed by atoms with Crippen LogP contribution in [0.3, 0.4) is 0 Å². The Kier molecular flexibility index (Phi) is 9.09. The molecular weight excluding hydrogens is 778 g/mol. The monoisotopic (exact) mass is 799 g/mol. The quantitative estimate of drug-likeness (QED) is 0.166. The fourth-order valence-corrected chi connectivity index (χ4v) is 6.58. The van der Waals surface area contributed by atoms with Crippen LogP contribution in [0.1, 0.15) is 39.5 Å². The van der Waals surface area contributed by atoms with Crippen LogP contribution in [0, 0.1) is 25.2 Å². The van der Waals surface area contributed by atoms with Crippen LogP contribution in [-0.4, -0.2) is 19.5 Å². The van der Waals surface area contributed by atoms with Gasteiger partial charge in [0.05, 0.1) is 44.5 Å². The molecule has 7 aromatic rings. The normalized spacial score (nSPS) is 12.7. The SMILES string of the molecule is Cc1nc(C)nc(-c2ccc(C#N)c(-n3c4cc(-c5cc(C(F)(F)F)cc(C(F)(F)F)c5)ccc4c4ccc(-c5cc(C(F)(F)F)cc(C(F)(F)F)c5)cc43)c2)n1. The highest BCUT2D eigenvalue weighted by atomic mass is 19.4. The van der Waals surface area contributed by atoms with Crippen LogP contribution in [0.2, 0.25) is 0 Å². The van der Waals surface area contributed by atoms with E-state index in [-0.39, 0.29) is 51.4 Å². The second-order valence-electron chi connectivity index (χ2n) is 13.0. The van der Waals surface area contributed by atoms with Crippen LogP contribution < -0.4 is 0 Å². The molecule has 290 valence electrons. The third kappa shape index (κ3) is 7.46. The highest BCUT2D eigenvalue weighted by Crippen LogP contribution is 2.43. The average molecular weight is 800 g/mol. The number of aryl methyl sites for hydroxylation is 2. The van der Waals surface area contributed by atoms with Crippen LogP contribution >= 0.6 is 0 Å². The standard InChI is InChI=1S/C40H21F12N5/c1-19-54-20(2)56-36(55-19)23-3-4-24(18-53)33(15-23)57-34-13-21(25-9-27(37(41,42)43)16-28(10-25)38(44,45)46)5-7-31(34)32-8-6-22(14-35(32)57)26-11-29(39(47,48)49)17-30(12-26)40(50,51)52/h3-17H,1-2H3. The van der Waals surface area contributed by atoms with Crippen molar-refractivity contribution in [2.45, 2.75) is 38.6 Å². The third-order valence-corrected chi connectivity index (χ3v) is 9.09.